The number of amides is 1. The van der Waals surface area contributed by atoms with Crippen LogP contribution < -0.4 is 10.5 Å². The first kappa shape index (κ1) is 16.8. The molecule has 0 bridgehead atoms. The van der Waals surface area contributed by atoms with Crippen molar-refractivity contribution in [1.29, 1.82) is 0 Å². The molecule has 0 saturated heterocycles. The zero-order valence-electron chi connectivity index (χ0n) is 14.5. The van der Waals surface area contributed by atoms with E-state index in [4.69, 9.17) is 10.5 Å². The van der Waals surface area contributed by atoms with Crippen LogP contribution in [0, 0.1) is 5.92 Å². The van der Waals surface area contributed by atoms with Gasteiger partial charge in [-0.2, -0.15) is 0 Å². The van der Waals surface area contributed by atoms with Crippen LogP contribution in [-0.4, -0.2) is 31.0 Å². The van der Waals surface area contributed by atoms with Crippen molar-refractivity contribution in [3.8, 4) is 5.75 Å². The van der Waals surface area contributed by atoms with Gasteiger partial charge in [0.25, 0.3) is 0 Å². The Balaban J connectivity index is 1.66. The van der Waals surface area contributed by atoms with Gasteiger partial charge < -0.3 is 15.4 Å². The normalized spacial score (nSPS) is 20.3. The molecule has 0 aliphatic heterocycles. The highest BCUT2D eigenvalue weighted by Crippen LogP contribution is 2.27. The van der Waals surface area contributed by atoms with Gasteiger partial charge in [0.2, 0.25) is 5.91 Å². The Labute approximate surface area is 143 Å². The van der Waals surface area contributed by atoms with Crippen LogP contribution in [0.1, 0.15) is 31.2 Å². The van der Waals surface area contributed by atoms with Gasteiger partial charge in [0.05, 0.1) is 7.11 Å². The number of carbonyl (C=O) groups is 1. The summed E-state index contributed by atoms with van der Waals surface area (Å²) in [5.74, 6) is 1.40. The largest absolute Gasteiger partial charge is 0.497 e. The molecule has 1 aliphatic carbocycles. The van der Waals surface area contributed by atoms with Crippen LogP contribution in [0.5, 0.6) is 5.75 Å². The number of hydrogen-bond acceptors (Lipinski definition) is 3. The zero-order chi connectivity index (χ0) is 17.1. The second-order valence-corrected chi connectivity index (χ2v) is 6.86. The molecular formula is C20H26N2O2. The average Bonchev–Trinajstić information content (AvgIpc) is 2.99. The summed E-state index contributed by atoms with van der Waals surface area (Å²) in [6.45, 7) is 0.628. The Morgan fingerprint density at radius 1 is 1.21 bits per heavy atom. The predicted octanol–water partition coefficient (Wildman–Crippen LogP) is 3.32. The molecule has 3 rings (SSSR count). The molecule has 1 amide bonds. The summed E-state index contributed by atoms with van der Waals surface area (Å²) >= 11 is 0. The molecule has 0 aromatic heterocycles. The second kappa shape index (κ2) is 7.22. The lowest BCUT2D eigenvalue weighted by Crippen LogP contribution is -2.32. The monoisotopic (exact) mass is 326 g/mol. The Kier molecular flexibility index (Phi) is 5.05. The number of rotatable bonds is 5. The van der Waals surface area contributed by atoms with Gasteiger partial charge in [-0.05, 0) is 53.3 Å². The lowest BCUT2D eigenvalue weighted by atomic mass is 9.99. The molecule has 4 nitrogen and oxygen atoms in total. The number of methoxy groups -OCH3 is 1. The van der Waals surface area contributed by atoms with Crippen LogP contribution in [0.3, 0.4) is 0 Å². The van der Waals surface area contributed by atoms with E-state index in [0.29, 0.717) is 18.9 Å². The van der Waals surface area contributed by atoms with E-state index in [0.717, 1.165) is 41.3 Å². The van der Waals surface area contributed by atoms with Crippen molar-refractivity contribution in [3.63, 3.8) is 0 Å². The fourth-order valence-corrected chi connectivity index (χ4v) is 3.56. The first-order chi connectivity index (χ1) is 11.6. The molecule has 128 valence electrons. The van der Waals surface area contributed by atoms with Crippen molar-refractivity contribution in [1.82, 2.24) is 4.90 Å². The van der Waals surface area contributed by atoms with Crippen LogP contribution in [0.4, 0.5) is 0 Å². The van der Waals surface area contributed by atoms with Crippen LogP contribution >= 0.6 is 0 Å². The smallest absolute Gasteiger partial charge is 0.222 e. The van der Waals surface area contributed by atoms with E-state index in [2.05, 4.69) is 24.3 Å². The first-order valence-electron chi connectivity index (χ1n) is 8.63. The Hall–Kier alpha value is -2.07. The van der Waals surface area contributed by atoms with Crippen LogP contribution in [-0.2, 0) is 11.3 Å². The summed E-state index contributed by atoms with van der Waals surface area (Å²) in [4.78, 5) is 14.3. The number of ether oxygens (including phenoxy) is 1. The SMILES string of the molecule is COc1ccc2cc(CN(C)C(=O)C[C@@H]3CCC[C@H]3N)ccc2c1. The second-order valence-electron chi connectivity index (χ2n) is 6.86. The molecule has 2 N–H and O–H groups in total. The fourth-order valence-electron chi connectivity index (χ4n) is 3.56. The first-order valence-corrected chi connectivity index (χ1v) is 8.63. The van der Waals surface area contributed by atoms with E-state index in [9.17, 15) is 4.79 Å². The van der Waals surface area contributed by atoms with Gasteiger partial charge in [-0.15, -0.1) is 0 Å². The van der Waals surface area contributed by atoms with Gasteiger partial charge in [-0.25, -0.2) is 0 Å². The highest BCUT2D eigenvalue weighted by atomic mass is 16.5. The summed E-state index contributed by atoms with van der Waals surface area (Å²) in [5, 5.41) is 2.30. The van der Waals surface area contributed by atoms with E-state index in [1.54, 1.807) is 7.11 Å². The summed E-state index contributed by atoms with van der Waals surface area (Å²) in [5.41, 5.74) is 7.22. The topological polar surface area (TPSA) is 55.6 Å². The standard InChI is InChI=1S/C20H26N2O2/c1-22(20(23)12-17-4-3-5-19(17)21)13-14-6-7-16-11-18(24-2)9-8-15(16)10-14/h6-11,17,19H,3-5,12-13,21H2,1-2H3/t17-,19+/m0/s1. The van der Waals surface area contributed by atoms with Crippen molar-refractivity contribution in [2.75, 3.05) is 14.2 Å². The van der Waals surface area contributed by atoms with Gasteiger partial charge in [0.1, 0.15) is 5.75 Å². The van der Waals surface area contributed by atoms with E-state index >= 15 is 0 Å². The van der Waals surface area contributed by atoms with Crippen molar-refractivity contribution in [3.05, 3.63) is 42.0 Å². The average molecular weight is 326 g/mol. The molecule has 1 aliphatic rings. The molecule has 0 radical (unpaired) electrons. The molecule has 0 spiro atoms. The van der Waals surface area contributed by atoms with Crippen LogP contribution in [0.15, 0.2) is 36.4 Å². The number of benzene rings is 2. The summed E-state index contributed by atoms with van der Waals surface area (Å²) in [6.07, 6.45) is 3.85. The van der Waals surface area contributed by atoms with Gasteiger partial charge in [-0.3, -0.25) is 4.79 Å². The van der Waals surface area contributed by atoms with E-state index in [-0.39, 0.29) is 11.9 Å². The van der Waals surface area contributed by atoms with Crippen molar-refractivity contribution < 1.29 is 9.53 Å². The van der Waals surface area contributed by atoms with Crippen molar-refractivity contribution in [2.24, 2.45) is 11.7 Å². The predicted molar refractivity (Wildman–Crippen MR) is 96.9 cm³/mol. The summed E-state index contributed by atoms with van der Waals surface area (Å²) in [6, 6.07) is 12.5. The third-order valence-electron chi connectivity index (χ3n) is 5.11. The minimum Gasteiger partial charge on any atom is -0.497 e. The lowest BCUT2D eigenvalue weighted by Gasteiger charge is -2.21. The van der Waals surface area contributed by atoms with Gasteiger partial charge >= 0.3 is 0 Å². The molecule has 1 saturated carbocycles. The molecule has 2 atom stereocenters. The zero-order valence-corrected chi connectivity index (χ0v) is 14.5. The minimum absolute atomic E-state index is 0.187. The molecule has 0 unspecified atom stereocenters. The maximum Gasteiger partial charge on any atom is 0.222 e. The van der Waals surface area contributed by atoms with Crippen LogP contribution in [0.2, 0.25) is 0 Å². The fraction of sp³-hybridized carbons (Fsp3) is 0.450. The number of fused-ring (bicyclic) bond motifs is 1. The molecule has 4 heteroatoms. The maximum absolute atomic E-state index is 12.4. The van der Waals surface area contributed by atoms with E-state index in [1.165, 1.54) is 0 Å². The Morgan fingerprint density at radius 3 is 2.67 bits per heavy atom. The molecular weight excluding hydrogens is 300 g/mol. The van der Waals surface area contributed by atoms with Gasteiger partial charge in [0.15, 0.2) is 0 Å². The molecule has 2 aromatic rings. The number of carbonyl (C=O) groups excluding carboxylic acids is 1. The Bertz CT molecular complexity index is 729. The third-order valence-corrected chi connectivity index (χ3v) is 5.11. The molecule has 24 heavy (non-hydrogen) atoms. The van der Waals surface area contributed by atoms with E-state index < -0.39 is 0 Å². The number of hydrogen-bond donors (Lipinski definition) is 1. The van der Waals surface area contributed by atoms with Gasteiger partial charge in [0, 0.05) is 26.1 Å². The number of nitrogens with two attached hydrogens (primary N) is 1. The minimum atomic E-state index is 0.187. The maximum atomic E-state index is 12.4. The molecule has 2 aromatic carbocycles. The summed E-state index contributed by atoms with van der Waals surface area (Å²) < 4.78 is 5.26. The molecule has 0 heterocycles. The van der Waals surface area contributed by atoms with Gasteiger partial charge in [-0.1, -0.05) is 24.6 Å². The quantitative estimate of drug-likeness (QED) is 0.917. The molecule has 1 fully saturated rings. The highest BCUT2D eigenvalue weighted by molar-refractivity contribution is 5.84. The van der Waals surface area contributed by atoms with E-state index in [1.807, 2.05) is 24.1 Å². The summed E-state index contributed by atoms with van der Waals surface area (Å²) in [7, 11) is 3.55. The lowest BCUT2D eigenvalue weighted by molar-refractivity contribution is -0.131. The highest BCUT2D eigenvalue weighted by Gasteiger charge is 2.27. The van der Waals surface area contributed by atoms with Crippen molar-refractivity contribution >= 4 is 16.7 Å². The Morgan fingerprint density at radius 2 is 1.96 bits per heavy atom. The number of nitrogens with zero attached hydrogens (tertiary/aromatic N) is 1. The van der Waals surface area contributed by atoms with Crippen LogP contribution in [0.25, 0.3) is 10.8 Å². The third kappa shape index (κ3) is 3.70. The van der Waals surface area contributed by atoms with Crippen molar-refractivity contribution in [2.45, 2.75) is 38.3 Å².